The van der Waals surface area contributed by atoms with E-state index in [0.717, 1.165) is 6.42 Å². The first-order chi connectivity index (χ1) is 6.04. The second-order valence-electron chi connectivity index (χ2n) is 3.35. The van der Waals surface area contributed by atoms with Crippen molar-refractivity contribution in [1.29, 1.82) is 0 Å². The molecule has 2 atom stereocenters. The normalized spacial score (nSPS) is 29.9. The fraction of sp³-hybridized carbons (Fsp3) is 0.750. The van der Waals surface area contributed by atoms with Gasteiger partial charge in [0.2, 0.25) is 0 Å². The first-order valence-corrected chi connectivity index (χ1v) is 4.20. The van der Waals surface area contributed by atoms with Crippen LogP contribution in [0.15, 0.2) is 0 Å². The largest absolute Gasteiger partial charge is 0.481 e. The third-order valence-corrected chi connectivity index (χ3v) is 2.45. The monoisotopic (exact) mass is 187 g/mol. The number of nitrogens with zero attached hydrogens (tertiary/aromatic N) is 1. The highest BCUT2D eigenvalue weighted by molar-refractivity contribution is 5.82. The van der Waals surface area contributed by atoms with E-state index in [-0.39, 0.29) is 0 Å². The molecule has 0 aromatic carbocycles. The zero-order valence-corrected chi connectivity index (χ0v) is 7.43. The van der Waals surface area contributed by atoms with Crippen LogP contribution in [0, 0.1) is 5.92 Å². The van der Waals surface area contributed by atoms with Crippen LogP contribution in [0.1, 0.15) is 12.8 Å². The molecule has 0 amide bonds. The fourth-order valence-corrected chi connectivity index (χ4v) is 1.78. The Kier molecular flexibility index (Phi) is 2.87. The van der Waals surface area contributed by atoms with E-state index < -0.39 is 23.9 Å². The van der Waals surface area contributed by atoms with E-state index in [4.69, 9.17) is 10.2 Å². The summed E-state index contributed by atoms with van der Waals surface area (Å²) in [7, 11) is 1.65. The van der Waals surface area contributed by atoms with Gasteiger partial charge in [0.15, 0.2) is 0 Å². The van der Waals surface area contributed by atoms with Gasteiger partial charge in [0.25, 0.3) is 0 Å². The highest BCUT2D eigenvalue weighted by atomic mass is 16.4. The van der Waals surface area contributed by atoms with Crippen LogP contribution in [0.4, 0.5) is 0 Å². The molecule has 0 spiro atoms. The summed E-state index contributed by atoms with van der Waals surface area (Å²) in [5.74, 6) is -2.83. The SMILES string of the molecule is CN1CCC[C@H](C(=O)O)[C@@H]1C(=O)O. The number of aliphatic carboxylic acids is 2. The predicted molar refractivity (Wildman–Crippen MR) is 44.4 cm³/mol. The van der Waals surface area contributed by atoms with Gasteiger partial charge in [-0.2, -0.15) is 0 Å². The lowest BCUT2D eigenvalue weighted by molar-refractivity contribution is -0.157. The molecule has 74 valence electrons. The number of hydrogen-bond acceptors (Lipinski definition) is 3. The minimum Gasteiger partial charge on any atom is -0.481 e. The Morgan fingerprint density at radius 2 is 1.92 bits per heavy atom. The molecule has 1 saturated heterocycles. The van der Waals surface area contributed by atoms with Crippen LogP contribution in [0.5, 0.6) is 0 Å². The molecule has 0 aromatic rings. The molecule has 1 rings (SSSR count). The Labute approximate surface area is 76.0 Å². The molecule has 1 aliphatic heterocycles. The van der Waals surface area contributed by atoms with Crippen molar-refractivity contribution in [2.75, 3.05) is 13.6 Å². The van der Waals surface area contributed by atoms with E-state index in [1.807, 2.05) is 0 Å². The van der Waals surface area contributed by atoms with Crippen molar-refractivity contribution in [1.82, 2.24) is 4.90 Å². The number of rotatable bonds is 2. The number of likely N-dealkylation sites (N-methyl/N-ethyl adjacent to an activating group) is 1. The van der Waals surface area contributed by atoms with E-state index in [1.165, 1.54) is 0 Å². The van der Waals surface area contributed by atoms with Gasteiger partial charge in [0.05, 0.1) is 5.92 Å². The molecule has 1 aliphatic rings. The van der Waals surface area contributed by atoms with Gasteiger partial charge < -0.3 is 10.2 Å². The van der Waals surface area contributed by atoms with Gasteiger partial charge in [-0.3, -0.25) is 14.5 Å². The Morgan fingerprint density at radius 1 is 1.31 bits per heavy atom. The number of carboxylic acid groups (broad SMARTS) is 2. The topological polar surface area (TPSA) is 77.8 Å². The second kappa shape index (κ2) is 3.74. The Bertz CT molecular complexity index is 228. The van der Waals surface area contributed by atoms with E-state index in [0.29, 0.717) is 13.0 Å². The summed E-state index contributed by atoms with van der Waals surface area (Å²) < 4.78 is 0. The summed E-state index contributed by atoms with van der Waals surface area (Å²) in [6.07, 6.45) is 1.20. The van der Waals surface area contributed by atoms with Crippen molar-refractivity contribution in [2.45, 2.75) is 18.9 Å². The zero-order valence-electron chi connectivity index (χ0n) is 7.43. The summed E-state index contributed by atoms with van der Waals surface area (Å²) in [6.45, 7) is 0.654. The molecular weight excluding hydrogens is 174 g/mol. The van der Waals surface area contributed by atoms with Crippen molar-refractivity contribution >= 4 is 11.9 Å². The molecular formula is C8H13NO4. The predicted octanol–water partition coefficient (Wildman–Crippen LogP) is -0.134. The smallest absolute Gasteiger partial charge is 0.321 e. The maximum absolute atomic E-state index is 10.8. The summed E-state index contributed by atoms with van der Waals surface area (Å²) in [5.41, 5.74) is 0. The molecule has 1 fully saturated rings. The van der Waals surface area contributed by atoms with E-state index in [2.05, 4.69) is 0 Å². The molecule has 0 aliphatic carbocycles. The molecule has 0 bridgehead atoms. The first kappa shape index (κ1) is 9.98. The average Bonchev–Trinajstić information content (AvgIpc) is 2.02. The summed E-state index contributed by atoms with van der Waals surface area (Å²) in [4.78, 5) is 23.1. The van der Waals surface area contributed by atoms with Crippen LogP contribution in [-0.2, 0) is 9.59 Å². The van der Waals surface area contributed by atoms with E-state index >= 15 is 0 Å². The molecule has 13 heavy (non-hydrogen) atoms. The van der Waals surface area contributed by atoms with Gasteiger partial charge >= 0.3 is 11.9 Å². The Morgan fingerprint density at radius 3 is 2.31 bits per heavy atom. The molecule has 2 N–H and O–H groups in total. The molecule has 1 heterocycles. The van der Waals surface area contributed by atoms with Gasteiger partial charge in [-0.15, -0.1) is 0 Å². The third kappa shape index (κ3) is 1.98. The lowest BCUT2D eigenvalue weighted by Gasteiger charge is -2.33. The number of carbonyl (C=O) groups is 2. The number of likely N-dealkylation sites (tertiary alicyclic amines) is 1. The van der Waals surface area contributed by atoms with Crippen molar-refractivity contribution in [3.63, 3.8) is 0 Å². The standard InChI is InChI=1S/C8H13NO4/c1-9-4-2-3-5(7(10)11)6(9)8(12)13/h5-6H,2-4H2,1H3,(H,10,11)(H,12,13)/t5-,6+/m0/s1. The molecule has 0 unspecified atom stereocenters. The lowest BCUT2D eigenvalue weighted by atomic mass is 9.90. The van der Waals surface area contributed by atoms with Crippen LogP contribution >= 0.6 is 0 Å². The maximum Gasteiger partial charge on any atom is 0.321 e. The number of carboxylic acids is 2. The number of piperidine rings is 1. The average molecular weight is 187 g/mol. The summed E-state index contributed by atoms with van der Waals surface area (Å²) in [5, 5.41) is 17.6. The van der Waals surface area contributed by atoms with Gasteiger partial charge in [-0.1, -0.05) is 0 Å². The first-order valence-electron chi connectivity index (χ1n) is 4.20. The van der Waals surface area contributed by atoms with Gasteiger partial charge in [-0.05, 0) is 26.4 Å². The summed E-state index contributed by atoms with van der Waals surface area (Å²) >= 11 is 0. The molecule has 5 heteroatoms. The Hall–Kier alpha value is -1.10. The van der Waals surface area contributed by atoms with Crippen molar-refractivity contribution in [3.8, 4) is 0 Å². The van der Waals surface area contributed by atoms with Crippen LogP contribution in [-0.4, -0.2) is 46.7 Å². The molecule has 0 radical (unpaired) electrons. The fourth-order valence-electron chi connectivity index (χ4n) is 1.78. The third-order valence-electron chi connectivity index (χ3n) is 2.45. The second-order valence-corrected chi connectivity index (χ2v) is 3.35. The van der Waals surface area contributed by atoms with Gasteiger partial charge in [0.1, 0.15) is 6.04 Å². The minimum absolute atomic E-state index is 0.455. The molecule has 5 nitrogen and oxygen atoms in total. The van der Waals surface area contributed by atoms with Crippen molar-refractivity contribution < 1.29 is 19.8 Å². The highest BCUT2D eigenvalue weighted by Gasteiger charge is 2.39. The number of hydrogen-bond donors (Lipinski definition) is 2. The lowest BCUT2D eigenvalue weighted by Crippen LogP contribution is -2.50. The van der Waals surface area contributed by atoms with Crippen LogP contribution in [0.2, 0.25) is 0 Å². The van der Waals surface area contributed by atoms with Gasteiger partial charge in [0, 0.05) is 0 Å². The van der Waals surface area contributed by atoms with Crippen LogP contribution < -0.4 is 0 Å². The van der Waals surface area contributed by atoms with Crippen LogP contribution in [0.3, 0.4) is 0 Å². The molecule has 0 aromatic heterocycles. The zero-order chi connectivity index (χ0) is 10.0. The van der Waals surface area contributed by atoms with E-state index in [1.54, 1.807) is 11.9 Å². The maximum atomic E-state index is 10.8. The van der Waals surface area contributed by atoms with Gasteiger partial charge in [-0.25, -0.2) is 0 Å². The Balaban J connectivity index is 2.80. The summed E-state index contributed by atoms with van der Waals surface area (Å²) in [6, 6.07) is -0.869. The minimum atomic E-state index is -1.05. The van der Waals surface area contributed by atoms with Crippen molar-refractivity contribution in [2.24, 2.45) is 5.92 Å². The van der Waals surface area contributed by atoms with E-state index in [9.17, 15) is 9.59 Å². The highest BCUT2D eigenvalue weighted by Crippen LogP contribution is 2.22. The van der Waals surface area contributed by atoms with Crippen LogP contribution in [0.25, 0.3) is 0 Å². The molecule has 0 saturated carbocycles. The quantitative estimate of drug-likeness (QED) is 0.629. The van der Waals surface area contributed by atoms with Crippen molar-refractivity contribution in [3.05, 3.63) is 0 Å².